The molecule has 2 aliphatic heterocycles. The largest absolute Gasteiger partial charge is 0.465 e. The molecule has 200 valence electrons. The summed E-state index contributed by atoms with van der Waals surface area (Å²) in [6.45, 7) is 5.60. The van der Waals surface area contributed by atoms with Crippen LogP contribution in [0.3, 0.4) is 0 Å². The summed E-state index contributed by atoms with van der Waals surface area (Å²) < 4.78 is 1.94. The number of hydrogen-bond donors (Lipinski definition) is 2. The van der Waals surface area contributed by atoms with Crippen LogP contribution in [0.15, 0.2) is 36.8 Å². The summed E-state index contributed by atoms with van der Waals surface area (Å²) in [4.78, 5) is 37.1. The topological polar surface area (TPSA) is 107 Å². The van der Waals surface area contributed by atoms with Gasteiger partial charge < -0.3 is 19.9 Å². The lowest BCUT2D eigenvalue weighted by Gasteiger charge is -2.33. The van der Waals surface area contributed by atoms with Crippen molar-refractivity contribution < 1.29 is 14.7 Å². The number of aromatic amines is 1. The van der Waals surface area contributed by atoms with Gasteiger partial charge in [-0.25, -0.2) is 9.78 Å². The molecule has 9 heteroatoms. The van der Waals surface area contributed by atoms with E-state index in [-0.39, 0.29) is 11.9 Å². The van der Waals surface area contributed by atoms with Gasteiger partial charge in [0.2, 0.25) is 0 Å². The van der Waals surface area contributed by atoms with Crippen LogP contribution in [-0.4, -0.2) is 59.7 Å². The molecule has 1 saturated heterocycles. The van der Waals surface area contributed by atoms with Crippen molar-refractivity contribution in [2.24, 2.45) is 0 Å². The number of nitrogens with one attached hydrogen (secondary N) is 1. The Morgan fingerprint density at radius 3 is 2.69 bits per heavy atom. The number of hydrogen-bond acceptors (Lipinski definition) is 4. The maximum atomic E-state index is 13.6. The minimum absolute atomic E-state index is 0.0494. The molecule has 9 nitrogen and oxygen atoms in total. The second-order valence-corrected chi connectivity index (χ2v) is 11.3. The molecule has 1 saturated carbocycles. The van der Waals surface area contributed by atoms with Gasteiger partial charge in [-0.3, -0.25) is 9.48 Å². The zero-order valence-electron chi connectivity index (χ0n) is 22.3. The van der Waals surface area contributed by atoms with Gasteiger partial charge in [-0.05, 0) is 85.9 Å². The van der Waals surface area contributed by atoms with Crippen LogP contribution in [0.1, 0.15) is 76.1 Å². The van der Waals surface area contributed by atoms with Crippen LogP contribution in [-0.2, 0) is 13.0 Å². The third-order valence-electron chi connectivity index (χ3n) is 8.63. The fourth-order valence-electron chi connectivity index (χ4n) is 6.32. The Morgan fingerprint density at radius 1 is 1.05 bits per heavy atom. The molecule has 4 aromatic rings. The first-order valence-corrected chi connectivity index (χ1v) is 13.8. The molecular formula is C30H32N6O3. The highest BCUT2D eigenvalue weighted by molar-refractivity contribution is 5.94. The summed E-state index contributed by atoms with van der Waals surface area (Å²) >= 11 is 0. The van der Waals surface area contributed by atoms with Gasteiger partial charge in [-0.15, -0.1) is 0 Å². The van der Waals surface area contributed by atoms with Gasteiger partial charge in [0.15, 0.2) is 5.69 Å². The van der Waals surface area contributed by atoms with Crippen molar-refractivity contribution in [3.63, 3.8) is 0 Å². The van der Waals surface area contributed by atoms with Crippen LogP contribution in [0.25, 0.3) is 22.2 Å². The van der Waals surface area contributed by atoms with E-state index in [0.29, 0.717) is 37.8 Å². The van der Waals surface area contributed by atoms with Gasteiger partial charge in [0.1, 0.15) is 5.65 Å². The smallest absolute Gasteiger partial charge is 0.407 e. The van der Waals surface area contributed by atoms with Crippen molar-refractivity contribution in [3.8, 4) is 11.1 Å². The molecule has 1 aliphatic carbocycles. The van der Waals surface area contributed by atoms with Crippen LogP contribution in [0, 0.1) is 13.8 Å². The Kier molecular flexibility index (Phi) is 5.50. The molecule has 1 unspecified atom stereocenters. The summed E-state index contributed by atoms with van der Waals surface area (Å²) in [5, 5.41) is 15.7. The third kappa shape index (κ3) is 4.07. The number of pyridine rings is 1. The number of aromatic nitrogens is 4. The lowest BCUT2D eigenvalue weighted by molar-refractivity contribution is 0.0724. The van der Waals surface area contributed by atoms with Crippen molar-refractivity contribution >= 4 is 23.0 Å². The number of nitrogens with zero attached hydrogens (tertiary/aromatic N) is 5. The van der Waals surface area contributed by atoms with E-state index in [1.54, 1.807) is 4.90 Å². The molecule has 39 heavy (non-hydrogen) atoms. The molecule has 3 aromatic heterocycles. The molecule has 0 bridgehead atoms. The van der Waals surface area contributed by atoms with E-state index in [1.807, 2.05) is 35.1 Å². The van der Waals surface area contributed by atoms with Crippen molar-refractivity contribution in [3.05, 3.63) is 70.3 Å². The predicted octanol–water partition coefficient (Wildman–Crippen LogP) is 5.39. The molecule has 1 aromatic carbocycles. The molecule has 2 amide bonds. The second-order valence-electron chi connectivity index (χ2n) is 11.3. The maximum absolute atomic E-state index is 13.6. The number of aryl methyl sites for hydroxylation is 2. The lowest BCUT2D eigenvalue weighted by Crippen LogP contribution is -2.38. The van der Waals surface area contributed by atoms with Crippen LogP contribution in [0.2, 0.25) is 0 Å². The van der Waals surface area contributed by atoms with Crippen molar-refractivity contribution in [2.75, 3.05) is 13.1 Å². The molecule has 5 heterocycles. The first-order valence-electron chi connectivity index (χ1n) is 13.8. The summed E-state index contributed by atoms with van der Waals surface area (Å²) in [5.41, 5.74) is 8.73. The van der Waals surface area contributed by atoms with Crippen molar-refractivity contribution in [1.82, 2.24) is 29.5 Å². The van der Waals surface area contributed by atoms with E-state index >= 15 is 0 Å². The fraction of sp³-hybridized carbons (Fsp3) is 0.400. The summed E-state index contributed by atoms with van der Waals surface area (Å²) in [6.07, 6.45) is 9.48. The zero-order chi connectivity index (χ0) is 26.8. The average Bonchev–Trinajstić information content (AvgIpc) is 3.35. The number of likely N-dealkylation sites (tertiary alicyclic amines) is 1. The summed E-state index contributed by atoms with van der Waals surface area (Å²) in [6, 6.07) is 6.69. The van der Waals surface area contributed by atoms with E-state index < -0.39 is 6.09 Å². The van der Waals surface area contributed by atoms with Gasteiger partial charge in [-0.2, -0.15) is 5.10 Å². The maximum Gasteiger partial charge on any atom is 0.407 e. The molecule has 0 spiro atoms. The number of benzene rings is 1. The molecule has 1 atom stereocenters. The van der Waals surface area contributed by atoms with E-state index in [4.69, 9.17) is 0 Å². The number of carboxylic acid groups (broad SMARTS) is 1. The number of fused-ring (bicyclic) bond motifs is 2. The SMILES string of the molecule is Cc1cn(C2CC2)nc1C(=O)N1CCc2cc(-c3cnc4[nH]cc(C)c4c3)cc(C3CCCN3C(=O)O)c2C1. The molecule has 7 rings (SSSR count). The monoisotopic (exact) mass is 524 g/mol. The number of H-pyrrole nitrogens is 1. The number of amides is 2. The van der Waals surface area contributed by atoms with Crippen molar-refractivity contribution in [2.45, 2.75) is 64.6 Å². The van der Waals surface area contributed by atoms with E-state index in [0.717, 1.165) is 70.1 Å². The summed E-state index contributed by atoms with van der Waals surface area (Å²) in [7, 11) is 0. The van der Waals surface area contributed by atoms with Crippen LogP contribution < -0.4 is 0 Å². The Balaban J connectivity index is 1.29. The van der Waals surface area contributed by atoms with E-state index in [9.17, 15) is 14.7 Å². The Morgan fingerprint density at radius 2 is 1.90 bits per heavy atom. The minimum Gasteiger partial charge on any atom is -0.465 e. The Labute approximate surface area is 226 Å². The fourth-order valence-corrected chi connectivity index (χ4v) is 6.32. The second kappa shape index (κ2) is 8.97. The zero-order valence-corrected chi connectivity index (χ0v) is 22.3. The van der Waals surface area contributed by atoms with Crippen molar-refractivity contribution in [1.29, 1.82) is 0 Å². The van der Waals surface area contributed by atoms with Gasteiger partial charge in [0.25, 0.3) is 5.91 Å². The predicted molar refractivity (Wildman–Crippen MR) is 147 cm³/mol. The highest BCUT2D eigenvalue weighted by Gasteiger charge is 2.35. The van der Waals surface area contributed by atoms with E-state index in [2.05, 4.69) is 40.2 Å². The van der Waals surface area contributed by atoms with Crippen LogP contribution >= 0.6 is 0 Å². The Bertz CT molecular complexity index is 1630. The quantitative estimate of drug-likeness (QED) is 0.372. The van der Waals surface area contributed by atoms with Gasteiger partial charge in [0, 0.05) is 54.7 Å². The number of carbonyl (C=O) groups is 2. The van der Waals surface area contributed by atoms with Crippen LogP contribution in [0.4, 0.5) is 4.79 Å². The molecule has 0 radical (unpaired) electrons. The average molecular weight is 525 g/mol. The molecule has 2 N–H and O–H groups in total. The number of rotatable bonds is 4. The Hall–Kier alpha value is -4.14. The first kappa shape index (κ1) is 23.9. The highest BCUT2D eigenvalue weighted by Crippen LogP contribution is 2.40. The van der Waals surface area contributed by atoms with E-state index in [1.165, 1.54) is 5.56 Å². The van der Waals surface area contributed by atoms with Gasteiger partial charge in [-0.1, -0.05) is 6.07 Å². The highest BCUT2D eigenvalue weighted by atomic mass is 16.4. The first-order chi connectivity index (χ1) is 18.9. The normalized spacial score (nSPS) is 19.1. The molecule has 2 fully saturated rings. The minimum atomic E-state index is -0.896. The van der Waals surface area contributed by atoms with Gasteiger partial charge >= 0.3 is 6.09 Å². The lowest BCUT2D eigenvalue weighted by atomic mass is 9.86. The standard InChI is InChI=1S/C30H32N6O3/c1-17-13-31-28-23(17)12-21(14-32-28)20-10-19-7-9-34(29(37)27-18(2)15-36(33-27)22-5-6-22)16-25(19)24(11-20)26-4-3-8-35(26)30(38)39/h10-15,22,26H,3-9,16H2,1-2H3,(H,31,32)(H,38,39). The molecular weight excluding hydrogens is 492 g/mol. The van der Waals surface area contributed by atoms with Crippen LogP contribution in [0.5, 0.6) is 0 Å². The third-order valence-corrected chi connectivity index (χ3v) is 8.63. The molecule has 3 aliphatic rings. The summed E-state index contributed by atoms with van der Waals surface area (Å²) in [5.74, 6) is -0.0494. The van der Waals surface area contributed by atoms with Gasteiger partial charge in [0.05, 0.1) is 12.1 Å². The number of carbonyl (C=O) groups excluding carboxylic acids is 1.